The zero-order valence-corrected chi connectivity index (χ0v) is 21.7. The van der Waals surface area contributed by atoms with Crippen LogP contribution in [-0.2, 0) is 4.79 Å². The van der Waals surface area contributed by atoms with Crippen molar-refractivity contribution >= 4 is 40.4 Å². The van der Waals surface area contributed by atoms with Gasteiger partial charge in [0.2, 0.25) is 0 Å². The van der Waals surface area contributed by atoms with Gasteiger partial charge in [0, 0.05) is 11.8 Å². The summed E-state index contributed by atoms with van der Waals surface area (Å²) >= 11 is 1.35. The van der Waals surface area contributed by atoms with Gasteiger partial charge in [-0.05, 0) is 48.4 Å². The van der Waals surface area contributed by atoms with Crippen molar-refractivity contribution in [2.75, 3.05) is 19.8 Å². The highest BCUT2D eigenvalue weighted by Crippen LogP contribution is 2.37. The second kappa shape index (κ2) is 11.8. The molecule has 0 aromatic heterocycles. The number of hydrogen-bond acceptors (Lipinski definition) is 6. The molecular weight excluding hydrogens is 498 g/mol. The lowest BCUT2D eigenvalue weighted by Gasteiger charge is -2.27. The first-order valence-corrected chi connectivity index (χ1v) is 13.3. The first-order chi connectivity index (χ1) is 18.6. The smallest absolute Gasteiger partial charge is 0.283 e. The molecule has 0 unspecified atom stereocenters. The molecule has 0 fully saturated rings. The molecular formula is C30H27N3O4S. The third-order valence-corrected chi connectivity index (χ3v) is 6.65. The summed E-state index contributed by atoms with van der Waals surface area (Å²) in [5.41, 5.74) is 2.72. The van der Waals surface area contributed by atoms with Crippen LogP contribution in [-0.4, -0.2) is 41.6 Å². The van der Waals surface area contributed by atoms with E-state index in [1.165, 1.54) is 11.8 Å². The number of aliphatic imine (C=N–C) groups is 1. The van der Waals surface area contributed by atoms with E-state index in [-0.39, 0.29) is 11.4 Å². The normalized spacial score (nSPS) is 15.7. The van der Waals surface area contributed by atoms with Crippen molar-refractivity contribution in [3.05, 3.63) is 101 Å². The molecule has 0 saturated carbocycles. The van der Waals surface area contributed by atoms with Gasteiger partial charge in [0.05, 0.1) is 31.1 Å². The standard InChI is InChI=1S/C30H27N3O4S/c1-2-35-27-19-21(14-15-26(27)37-17-9-16-36-23-12-7-4-8-13-23)18-24-28(31)33-25(22-10-5-3-6-11-22)20-38-30(33)32-29(24)34/h3-8,10-15,18-20,31H,2,9,16-17H2,1H3. The maximum atomic E-state index is 12.9. The van der Waals surface area contributed by atoms with Crippen LogP contribution in [0.1, 0.15) is 24.5 Å². The fourth-order valence-corrected chi connectivity index (χ4v) is 4.92. The summed E-state index contributed by atoms with van der Waals surface area (Å²) in [5.74, 6) is 1.68. The van der Waals surface area contributed by atoms with Gasteiger partial charge in [-0.3, -0.25) is 15.1 Å². The molecule has 2 heterocycles. The topological polar surface area (TPSA) is 84.2 Å². The predicted molar refractivity (Wildman–Crippen MR) is 152 cm³/mol. The van der Waals surface area contributed by atoms with E-state index in [0.717, 1.165) is 22.6 Å². The molecule has 0 atom stereocenters. The number of benzene rings is 3. The molecule has 0 bridgehead atoms. The van der Waals surface area contributed by atoms with Gasteiger partial charge in [-0.2, -0.15) is 4.99 Å². The van der Waals surface area contributed by atoms with Gasteiger partial charge < -0.3 is 14.2 Å². The second-order valence-corrected chi connectivity index (χ2v) is 9.27. The SMILES string of the molecule is CCOc1cc(C=C2C(=N)N3C(c4ccccc4)=CSC3=NC2=O)ccc1OCCCOc1ccccc1. The van der Waals surface area contributed by atoms with Crippen LogP contribution in [0.4, 0.5) is 0 Å². The van der Waals surface area contributed by atoms with Crippen molar-refractivity contribution in [1.82, 2.24) is 4.90 Å². The number of amidine groups is 2. The molecule has 192 valence electrons. The number of fused-ring (bicyclic) bond motifs is 1. The summed E-state index contributed by atoms with van der Waals surface area (Å²) < 4.78 is 17.5. The van der Waals surface area contributed by atoms with Crippen LogP contribution in [0.3, 0.4) is 0 Å². The van der Waals surface area contributed by atoms with E-state index in [1.807, 2.05) is 91.2 Å². The summed E-state index contributed by atoms with van der Waals surface area (Å²) in [7, 11) is 0. The maximum absolute atomic E-state index is 12.9. The van der Waals surface area contributed by atoms with Crippen molar-refractivity contribution in [2.24, 2.45) is 4.99 Å². The molecule has 2 aliphatic heterocycles. The van der Waals surface area contributed by atoms with Crippen molar-refractivity contribution in [1.29, 1.82) is 5.41 Å². The summed E-state index contributed by atoms with van der Waals surface area (Å²) in [6.45, 7) is 3.38. The van der Waals surface area contributed by atoms with Gasteiger partial charge in [0.25, 0.3) is 5.91 Å². The fourth-order valence-electron chi connectivity index (χ4n) is 4.03. The number of nitrogens with zero attached hydrogens (tertiary/aromatic N) is 2. The highest BCUT2D eigenvalue weighted by atomic mass is 32.2. The van der Waals surface area contributed by atoms with E-state index in [9.17, 15) is 4.79 Å². The minimum absolute atomic E-state index is 0.0943. The van der Waals surface area contributed by atoms with Crippen LogP contribution in [0, 0.1) is 5.41 Å². The molecule has 0 aliphatic carbocycles. The molecule has 8 heteroatoms. The van der Waals surface area contributed by atoms with Crippen molar-refractivity contribution in [3.8, 4) is 17.2 Å². The van der Waals surface area contributed by atoms with Gasteiger partial charge in [0.15, 0.2) is 16.7 Å². The predicted octanol–water partition coefficient (Wildman–Crippen LogP) is 6.24. The van der Waals surface area contributed by atoms with E-state index in [4.69, 9.17) is 19.6 Å². The molecule has 38 heavy (non-hydrogen) atoms. The number of amides is 1. The summed E-state index contributed by atoms with van der Waals surface area (Å²) in [4.78, 5) is 18.8. The summed E-state index contributed by atoms with van der Waals surface area (Å²) in [6, 6.07) is 24.9. The molecule has 7 nitrogen and oxygen atoms in total. The molecule has 3 aromatic carbocycles. The summed E-state index contributed by atoms with van der Waals surface area (Å²) in [5, 5.41) is 11.2. The van der Waals surface area contributed by atoms with E-state index in [1.54, 1.807) is 11.0 Å². The van der Waals surface area contributed by atoms with Crippen LogP contribution in [0.25, 0.3) is 11.8 Å². The largest absolute Gasteiger partial charge is 0.493 e. The average molecular weight is 526 g/mol. The van der Waals surface area contributed by atoms with E-state index in [0.29, 0.717) is 42.9 Å². The Morgan fingerprint density at radius 3 is 2.42 bits per heavy atom. The molecule has 1 N–H and O–H groups in total. The Hall–Kier alpha value is -4.30. The van der Waals surface area contributed by atoms with Crippen LogP contribution in [0.5, 0.6) is 17.2 Å². The van der Waals surface area contributed by atoms with E-state index in [2.05, 4.69) is 4.99 Å². The molecule has 0 saturated heterocycles. The Kier molecular flexibility index (Phi) is 7.89. The van der Waals surface area contributed by atoms with Gasteiger partial charge in [-0.25, -0.2) is 0 Å². The molecule has 1 amide bonds. The third-order valence-electron chi connectivity index (χ3n) is 5.82. The number of ether oxygens (including phenoxy) is 3. The number of rotatable bonds is 10. The Morgan fingerprint density at radius 1 is 0.921 bits per heavy atom. The highest BCUT2D eigenvalue weighted by molar-refractivity contribution is 8.17. The van der Waals surface area contributed by atoms with Gasteiger partial charge in [-0.1, -0.05) is 66.4 Å². The number of carbonyl (C=O) groups excluding carboxylic acids is 1. The minimum atomic E-state index is -0.437. The minimum Gasteiger partial charge on any atom is -0.493 e. The number of para-hydroxylation sites is 1. The van der Waals surface area contributed by atoms with E-state index < -0.39 is 5.91 Å². The average Bonchev–Trinajstić information content (AvgIpc) is 3.37. The van der Waals surface area contributed by atoms with Crippen LogP contribution in [0.15, 0.2) is 94.8 Å². The molecule has 0 radical (unpaired) electrons. The zero-order chi connectivity index (χ0) is 26.3. The molecule has 5 rings (SSSR count). The third kappa shape index (κ3) is 5.65. The van der Waals surface area contributed by atoms with Crippen molar-refractivity contribution < 1.29 is 19.0 Å². The van der Waals surface area contributed by atoms with E-state index >= 15 is 0 Å². The van der Waals surface area contributed by atoms with Crippen LogP contribution >= 0.6 is 11.8 Å². The second-order valence-electron chi connectivity index (χ2n) is 8.43. The zero-order valence-electron chi connectivity index (χ0n) is 20.9. The Bertz CT molecular complexity index is 1420. The fraction of sp³-hybridized carbons (Fsp3) is 0.167. The Morgan fingerprint density at radius 2 is 1.66 bits per heavy atom. The number of hydrogen-bond donors (Lipinski definition) is 1. The Balaban J connectivity index is 1.29. The summed E-state index contributed by atoms with van der Waals surface area (Å²) in [6.07, 6.45) is 2.39. The van der Waals surface area contributed by atoms with Crippen molar-refractivity contribution in [2.45, 2.75) is 13.3 Å². The first kappa shape index (κ1) is 25.4. The lowest BCUT2D eigenvalue weighted by atomic mass is 10.1. The quantitative estimate of drug-likeness (QED) is 0.249. The lowest BCUT2D eigenvalue weighted by molar-refractivity contribution is -0.114. The molecule has 0 spiro atoms. The van der Waals surface area contributed by atoms with Gasteiger partial charge in [0.1, 0.15) is 11.6 Å². The number of nitrogens with one attached hydrogen (secondary N) is 1. The Labute approximate surface area is 225 Å². The van der Waals surface area contributed by atoms with Gasteiger partial charge >= 0.3 is 0 Å². The first-order valence-electron chi connectivity index (χ1n) is 12.4. The van der Waals surface area contributed by atoms with Gasteiger partial charge in [-0.15, -0.1) is 0 Å². The molecule has 3 aromatic rings. The maximum Gasteiger partial charge on any atom is 0.283 e. The van der Waals surface area contributed by atoms with Crippen LogP contribution in [0.2, 0.25) is 0 Å². The monoisotopic (exact) mass is 525 g/mol. The number of carbonyl (C=O) groups is 1. The van der Waals surface area contributed by atoms with Crippen LogP contribution < -0.4 is 14.2 Å². The van der Waals surface area contributed by atoms with Crippen molar-refractivity contribution in [3.63, 3.8) is 0 Å². The number of thioether (sulfide) groups is 1. The molecule has 2 aliphatic rings. The highest BCUT2D eigenvalue weighted by Gasteiger charge is 2.36. The lowest BCUT2D eigenvalue weighted by Crippen LogP contribution is -2.38.